The molecule has 140 valence electrons. The van der Waals surface area contributed by atoms with Crippen LogP contribution < -0.4 is 0 Å². The fourth-order valence-electron chi connectivity index (χ4n) is 3.23. The first kappa shape index (κ1) is 18.0. The molecule has 0 radical (unpaired) electrons. The number of benzene rings is 3. The van der Waals surface area contributed by atoms with E-state index in [4.69, 9.17) is 0 Å². The highest BCUT2D eigenvalue weighted by molar-refractivity contribution is 5.92. The van der Waals surface area contributed by atoms with E-state index in [1.807, 2.05) is 31.2 Å². The summed E-state index contributed by atoms with van der Waals surface area (Å²) in [5.41, 5.74) is 3.73. The predicted octanol–water partition coefficient (Wildman–Crippen LogP) is 6.00. The number of nitrogens with zero attached hydrogens (tertiary/aromatic N) is 2. The van der Waals surface area contributed by atoms with Crippen LogP contribution >= 0.6 is 0 Å². The number of phenols is 1. The van der Waals surface area contributed by atoms with Crippen LogP contribution in [0.15, 0.2) is 67.1 Å². The second-order valence-electron chi connectivity index (χ2n) is 6.58. The van der Waals surface area contributed by atoms with E-state index < -0.39 is 11.7 Å². The molecule has 4 aromatic rings. The zero-order valence-corrected chi connectivity index (χ0v) is 14.8. The summed E-state index contributed by atoms with van der Waals surface area (Å²) in [6, 6.07) is 14.3. The molecule has 0 aliphatic rings. The van der Waals surface area contributed by atoms with Crippen molar-refractivity contribution in [1.29, 1.82) is 0 Å². The normalized spacial score (nSPS) is 11.7. The number of fused-ring (bicyclic) bond motifs is 1. The van der Waals surface area contributed by atoms with E-state index in [0.717, 1.165) is 34.4 Å². The fourth-order valence-corrected chi connectivity index (χ4v) is 3.23. The first-order valence-electron chi connectivity index (χ1n) is 8.54. The SMILES string of the molecule is Cc1ccc(-c2ccc(C(F)(F)F)cc2)c(-c2cc(O)c3ncncc3c2)c1. The fraction of sp³-hybridized carbons (Fsp3) is 0.0909. The monoisotopic (exact) mass is 380 g/mol. The lowest BCUT2D eigenvalue weighted by molar-refractivity contribution is -0.137. The van der Waals surface area contributed by atoms with Crippen LogP contribution in [-0.4, -0.2) is 15.1 Å². The maximum Gasteiger partial charge on any atom is 0.416 e. The molecule has 4 rings (SSSR count). The summed E-state index contributed by atoms with van der Waals surface area (Å²) in [4.78, 5) is 8.07. The average Bonchev–Trinajstić information content (AvgIpc) is 2.67. The predicted molar refractivity (Wildman–Crippen MR) is 102 cm³/mol. The van der Waals surface area contributed by atoms with Crippen LogP contribution in [-0.2, 0) is 6.18 Å². The van der Waals surface area contributed by atoms with Gasteiger partial charge in [0.1, 0.15) is 17.6 Å². The van der Waals surface area contributed by atoms with Gasteiger partial charge in [-0.25, -0.2) is 9.97 Å². The zero-order chi connectivity index (χ0) is 19.9. The number of alkyl halides is 3. The summed E-state index contributed by atoms with van der Waals surface area (Å²) >= 11 is 0. The molecule has 0 saturated carbocycles. The average molecular weight is 380 g/mol. The number of aromatic nitrogens is 2. The molecule has 1 heterocycles. The summed E-state index contributed by atoms with van der Waals surface area (Å²) in [7, 11) is 0. The maximum atomic E-state index is 12.9. The molecule has 0 saturated heterocycles. The van der Waals surface area contributed by atoms with Gasteiger partial charge in [0.15, 0.2) is 0 Å². The van der Waals surface area contributed by atoms with Crippen LogP contribution in [0, 0.1) is 6.92 Å². The molecule has 0 unspecified atom stereocenters. The second kappa shape index (κ2) is 6.64. The molecule has 1 N–H and O–H groups in total. The van der Waals surface area contributed by atoms with Crippen LogP contribution in [0.1, 0.15) is 11.1 Å². The Kier molecular flexibility index (Phi) is 4.26. The van der Waals surface area contributed by atoms with Gasteiger partial charge in [0.2, 0.25) is 0 Å². The van der Waals surface area contributed by atoms with Crippen molar-refractivity contribution in [2.24, 2.45) is 0 Å². The van der Waals surface area contributed by atoms with Gasteiger partial charge in [0.25, 0.3) is 0 Å². The molecule has 28 heavy (non-hydrogen) atoms. The Labute approximate surface area is 159 Å². The number of hydrogen-bond donors (Lipinski definition) is 1. The van der Waals surface area contributed by atoms with Crippen molar-refractivity contribution in [3.8, 4) is 28.0 Å². The molecule has 0 bridgehead atoms. The number of aryl methyl sites for hydroxylation is 1. The number of halogens is 3. The van der Waals surface area contributed by atoms with Crippen LogP contribution in [0.4, 0.5) is 13.2 Å². The highest BCUT2D eigenvalue weighted by atomic mass is 19.4. The van der Waals surface area contributed by atoms with Gasteiger partial charge >= 0.3 is 6.18 Å². The van der Waals surface area contributed by atoms with Gasteiger partial charge in [0, 0.05) is 11.6 Å². The van der Waals surface area contributed by atoms with Crippen molar-refractivity contribution in [2.75, 3.05) is 0 Å². The Morgan fingerprint density at radius 2 is 1.61 bits per heavy atom. The Morgan fingerprint density at radius 1 is 0.857 bits per heavy atom. The molecule has 0 aliphatic carbocycles. The van der Waals surface area contributed by atoms with Crippen LogP contribution in [0.25, 0.3) is 33.2 Å². The number of phenolic OH excluding ortho intramolecular Hbond substituents is 1. The van der Waals surface area contributed by atoms with Gasteiger partial charge in [-0.15, -0.1) is 0 Å². The summed E-state index contributed by atoms with van der Waals surface area (Å²) < 4.78 is 38.6. The number of rotatable bonds is 2. The Bertz CT molecular complexity index is 1170. The van der Waals surface area contributed by atoms with E-state index in [-0.39, 0.29) is 5.75 Å². The van der Waals surface area contributed by atoms with Gasteiger partial charge < -0.3 is 5.11 Å². The third-order valence-corrected chi connectivity index (χ3v) is 4.60. The molecule has 0 fully saturated rings. The van der Waals surface area contributed by atoms with Gasteiger partial charge in [-0.1, -0.05) is 35.9 Å². The molecule has 0 spiro atoms. The summed E-state index contributed by atoms with van der Waals surface area (Å²) in [5.74, 6) is 0.0229. The molecule has 3 aromatic carbocycles. The Hall–Kier alpha value is -3.41. The molecule has 0 aliphatic heterocycles. The van der Waals surface area contributed by atoms with Crippen molar-refractivity contribution in [1.82, 2.24) is 9.97 Å². The smallest absolute Gasteiger partial charge is 0.416 e. The minimum absolute atomic E-state index is 0.0229. The summed E-state index contributed by atoms with van der Waals surface area (Å²) in [6.07, 6.45) is -1.40. The lowest BCUT2D eigenvalue weighted by Crippen LogP contribution is -2.04. The van der Waals surface area contributed by atoms with Crippen molar-refractivity contribution < 1.29 is 18.3 Å². The van der Waals surface area contributed by atoms with Gasteiger partial charge in [-0.2, -0.15) is 13.2 Å². The largest absolute Gasteiger partial charge is 0.506 e. The standard InChI is InChI=1S/C22H15F3N2O/c1-13-2-7-18(14-3-5-17(6-4-14)22(23,24)25)19(8-13)15-9-16-11-26-12-27-21(16)20(28)10-15/h2-12,28H,1H3. The molecule has 6 heteroatoms. The first-order chi connectivity index (χ1) is 13.3. The molecule has 1 aromatic heterocycles. The van der Waals surface area contributed by atoms with Crippen molar-refractivity contribution in [3.63, 3.8) is 0 Å². The maximum absolute atomic E-state index is 12.9. The topological polar surface area (TPSA) is 46.0 Å². The van der Waals surface area contributed by atoms with Gasteiger partial charge in [0.05, 0.1) is 5.56 Å². The number of hydrogen-bond acceptors (Lipinski definition) is 3. The molecular formula is C22H15F3N2O. The van der Waals surface area contributed by atoms with E-state index in [1.165, 1.54) is 18.5 Å². The van der Waals surface area contributed by atoms with E-state index >= 15 is 0 Å². The lowest BCUT2D eigenvalue weighted by atomic mass is 9.92. The van der Waals surface area contributed by atoms with Crippen LogP contribution in [0.5, 0.6) is 5.75 Å². The number of aromatic hydroxyl groups is 1. The molecule has 0 atom stereocenters. The lowest BCUT2D eigenvalue weighted by Gasteiger charge is -2.14. The van der Waals surface area contributed by atoms with Gasteiger partial charge in [-0.3, -0.25) is 0 Å². The quantitative estimate of drug-likeness (QED) is 0.464. The van der Waals surface area contributed by atoms with E-state index in [0.29, 0.717) is 16.5 Å². The minimum Gasteiger partial charge on any atom is -0.506 e. The molecular weight excluding hydrogens is 365 g/mol. The van der Waals surface area contributed by atoms with E-state index in [1.54, 1.807) is 12.3 Å². The van der Waals surface area contributed by atoms with Gasteiger partial charge in [-0.05, 0) is 53.4 Å². The van der Waals surface area contributed by atoms with Crippen LogP contribution in [0.2, 0.25) is 0 Å². The Balaban J connectivity index is 1.88. The van der Waals surface area contributed by atoms with E-state index in [9.17, 15) is 18.3 Å². The summed E-state index contributed by atoms with van der Waals surface area (Å²) in [5, 5.41) is 11.0. The minimum atomic E-state index is -4.38. The molecule has 3 nitrogen and oxygen atoms in total. The summed E-state index contributed by atoms with van der Waals surface area (Å²) in [6.45, 7) is 1.93. The van der Waals surface area contributed by atoms with Crippen molar-refractivity contribution >= 4 is 10.9 Å². The second-order valence-corrected chi connectivity index (χ2v) is 6.58. The third-order valence-electron chi connectivity index (χ3n) is 4.60. The van der Waals surface area contributed by atoms with Crippen LogP contribution in [0.3, 0.4) is 0 Å². The first-order valence-corrected chi connectivity index (χ1v) is 8.54. The highest BCUT2D eigenvalue weighted by Gasteiger charge is 2.30. The van der Waals surface area contributed by atoms with Crippen molar-refractivity contribution in [2.45, 2.75) is 13.1 Å². The Morgan fingerprint density at radius 3 is 2.32 bits per heavy atom. The van der Waals surface area contributed by atoms with Crippen molar-refractivity contribution in [3.05, 3.63) is 78.2 Å². The third kappa shape index (κ3) is 3.29. The van der Waals surface area contributed by atoms with E-state index in [2.05, 4.69) is 9.97 Å². The highest BCUT2D eigenvalue weighted by Crippen LogP contribution is 2.38. The molecule has 0 amide bonds. The zero-order valence-electron chi connectivity index (χ0n) is 14.8.